The summed E-state index contributed by atoms with van der Waals surface area (Å²) in [5, 5.41) is 0. The molecule has 0 bridgehead atoms. The van der Waals surface area contributed by atoms with Crippen LogP contribution in [0.2, 0.25) is 0 Å². The van der Waals surface area contributed by atoms with Gasteiger partial charge in [-0.25, -0.2) is 4.79 Å². The topological polar surface area (TPSA) is 55.8 Å². The summed E-state index contributed by atoms with van der Waals surface area (Å²) in [5.41, 5.74) is 0.673. The second-order valence-electron chi connectivity index (χ2n) is 7.80. The predicted molar refractivity (Wildman–Crippen MR) is 90.5 cm³/mol. The molecule has 0 saturated carbocycles. The summed E-state index contributed by atoms with van der Waals surface area (Å²) in [6, 6.07) is 5.71. The zero-order valence-corrected chi connectivity index (χ0v) is 14.8. The van der Waals surface area contributed by atoms with Crippen molar-refractivity contribution in [3.8, 4) is 5.75 Å². The van der Waals surface area contributed by atoms with Gasteiger partial charge in [0.2, 0.25) is 0 Å². The van der Waals surface area contributed by atoms with E-state index in [-0.39, 0.29) is 11.9 Å². The first kappa shape index (κ1) is 16.8. The largest absolute Gasteiger partial charge is 0.486 e. The Bertz CT molecular complexity index is 666. The molecule has 0 aliphatic carbocycles. The van der Waals surface area contributed by atoms with Crippen molar-refractivity contribution in [1.82, 2.24) is 4.90 Å². The van der Waals surface area contributed by atoms with Gasteiger partial charge in [-0.3, -0.25) is 4.79 Å². The Hall–Kier alpha value is -2.04. The molecule has 0 aromatic heterocycles. The highest BCUT2D eigenvalue weighted by atomic mass is 16.6. The highest BCUT2D eigenvalue weighted by molar-refractivity contribution is 6.01. The van der Waals surface area contributed by atoms with E-state index in [1.165, 1.54) is 0 Å². The molecule has 1 aromatic carbocycles. The van der Waals surface area contributed by atoms with Crippen molar-refractivity contribution in [1.29, 1.82) is 0 Å². The number of carbonyl (C=O) groups excluding carboxylic acids is 2. The Morgan fingerprint density at radius 3 is 2.54 bits per heavy atom. The van der Waals surface area contributed by atoms with Crippen LogP contribution in [0, 0.1) is 6.92 Å². The SMILES string of the molecule is Cc1cccc2c1C(=O)CC1(CCN(C(=O)OC(C)(C)C)CC1)O2. The summed E-state index contributed by atoms with van der Waals surface area (Å²) in [5.74, 6) is 0.817. The van der Waals surface area contributed by atoms with Crippen LogP contribution in [-0.4, -0.2) is 41.1 Å². The van der Waals surface area contributed by atoms with Gasteiger partial charge in [-0.1, -0.05) is 12.1 Å². The number of piperidine rings is 1. The molecule has 0 atom stereocenters. The maximum absolute atomic E-state index is 12.6. The monoisotopic (exact) mass is 331 g/mol. The van der Waals surface area contributed by atoms with E-state index in [2.05, 4.69) is 0 Å². The molecule has 1 spiro atoms. The van der Waals surface area contributed by atoms with Crippen LogP contribution >= 0.6 is 0 Å². The lowest BCUT2D eigenvalue weighted by Crippen LogP contribution is -2.53. The summed E-state index contributed by atoms with van der Waals surface area (Å²) < 4.78 is 11.7. The van der Waals surface area contributed by atoms with Gasteiger partial charge in [0.05, 0.1) is 12.0 Å². The van der Waals surface area contributed by atoms with E-state index in [0.29, 0.717) is 43.7 Å². The Kier molecular flexibility index (Phi) is 4.06. The van der Waals surface area contributed by atoms with E-state index in [9.17, 15) is 9.59 Å². The number of ether oxygens (including phenoxy) is 2. The van der Waals surface area contributed by atoms with Gasteiger partial charge in [-0.15, -0.1) is 0 Å². The lowest BCUT2D eigenvalue weighted by atomic mass is 9.81. The summed E-state index contributed by atoms with van der Waals surface area (Å²) in [6.07, 6.45) is 1.37. The number of rotatable bonds is 0. The first-order valence-electron chi connectivity index (χ1n) is 8.49. The number of fused-ring (bicyclic) bond motifs is 1. The fraction of sp³-hybridized carbons (Fsp3) is 0.579. The van der Waals surface area contributed by atoms with Crippen molar-refractivity contribution in [2.45, 2.75) is 58.2 Å². The van der Waals surface area contributed by atoms with Gasteiger partial charge >= 0.3 is 6.09 Å². The first-order valence-corrected chi connectivity index (χ1v) is 8.49. The standard InChI is InChI=1S/C19H25NO4/c1-13-6-5-7-15-16(13)14(21)12-19(23-15)8-10-20(11-9-19)17(22)24-18(2,3)4/h5-7H,8-12H2,1-4H3. The highest BCUT2D eigenvalue weighted by Crippen LogP contribution is 2.40. The minimum atomic E-state index is -0.500. The number of likely N-dealkylation sites (tertiary alicyclic amines) is 1. The zero-order chi connectivity index (χ0) is 17.5. The van der Waals surface area contributed by atoms with Gasteiger partial charge in [0.1, 0.15) is 17.0 Å². The molecular weight excluding hydrogens is 306 g/mol. The van der Waals surface area contributed by atoms with Crippen molar-refractivity contribution in [3.05, 3.63) is 29.3 Å². The molecule has 2 heterocycles. The summed E-state index contributed by atoms with van der Waals surface area (Å²) in [7, 11) is 0. The second-order valence-corrected chi connectivity index (χ2v) is 7.80. The Morgan fingerprint density at radius 2 is 1.92 bits per heavy atom. The average Bonchev–Trinajstić information content (AvgIpc) is 2.45. The van der Waals surface area contributed by atoms with Crippen LogP contribution in [-0.2, 0) is 4.74 Å². The molecule has 0 radical (unpaired) electrons. The first-order chi connectivity index (χ1) is 11.2. The number of benzene rings is 1. The van der Waals surface area contributed by atoms with Gasteiger partial charge in [0.15, 0.2) is 5.78 Å². The second kappa shape index (κ2) is 5.80. The zero-order valence-electron chi connectivity index (χ0n) is 14.8. The molecule has 3 rings (SSSR count). The molecule has 24 heavy (non-hydrogen) atoms. The molecule has 1 fully saturated rings. The average molecular weight is 331 g/mol. The molecule has 5 nitrogen and oxygen atoms in total. The molecule has 1 aromatic rings. The minimum Gasteiger partial charge on any atom is -0.486 e. The summed E-state index contributed by atoms with van der Waals surface area (Å²) in [6.45, 7) is 8.60. The third-order valence-corrected chi connectivity index (χ3v) is 4.65. The predicted octanol–water partition coefficient (Wildman–Crippen LogP) is 3.73. The summed E-state index contributed by atoms with van der Waals surface area (Å²) >= 11 is 0. The van der Waals surface area contributed by atoms with Crippen LogP contribution in [0.1, 0.15) is 56.0 Å². The number of carbonyl (C=O) groups is 2. The van der Waals surface area contributed by atoms with Crippen molar-refractivity contribution in [3.63, 3.8) is 0 Å². The van der Waals surface area contributed by atoms with E-state index >= 15 is 0 Å². The maximum atomic E-state index is 12.6. The molecule has 130 valence electrons. The minimum absolute atomic E-state index is 0.139. The maximum Gasteiger partial charge on any atom is 0.410 e. The molecule has 0 unspecified atom stereocenters. The molecule has 2 aliphatic rings. The van der Waals surface area contributed by atoms with E-state index in [0.717, 1.165) is 5.56 Å². The number of hydrogen-bond acceptors (Lipinski definition) is 4. The van der Waals surface area contributed by atoms with Crippen LogP contribution in [0.15, 0.2) is 18.2 Å². The number of hydrogen-bond donors (Lipinski definition) is 0. The van der Waals surface area contributed by atoms with Gasteiger partial charge in [0, 0.05) is 25.9 Å². The van der Waals surface area contributed by atoms with Crippen molar-refractivity contribution in [2.24, 2.45) is 0 Å². The van der Waals surface area contributed by atoms with Crippen molar-refractivity contribution >= 4 is 11.9 Å². The third kappa shape index (κ3) is 3.25. The smallest absolute Gasteiger partial charge is 0.410 e. The molecule has 2 aliphatic heterocycles. The van der Waals surface area contributed by atoms with Crippen molar-refractivity contribution < 1.29 is 19.1 Å². The molecular formula is C19H25NO4. The van der Waals surface area contributed by atoms with E-state index in [1.54, 1.807) is 4.90 Å². The molecule has 5 heteroatoms. The molecule has 1 saturated heterocycles. The number of ketones is 1. The van der Waals surface area contributed by atoms with Gasteiger partial charge in [-0.2, -0.15) is 0 Å². The van der Waals surface area contributed by atoms with E-state index in [1.807, 2.05) is 45.9 Å². The fourth-order valence-corrected chi connectivity index (χ4v) is 3.44. The fourth-order valence-electron chi connectivity index (χ4n) is 3.44. The van der Waals surface area contributed by atoms with Crippen LogP contribution in [0.3, 0.4) is 0 Å². The Balaban J connectivity index is 1.71. The van der Waals surface area contributed by atoms with Gasteiger partial charge < -0.3 is 14.4 Å². The van der Waals surface area contributed by atoms with Crippen molar-refractivity contribution in [2.75, 3.05) is 13.1 Å². The molecule has 0 N–H and O–H groups in total. The Morgan fingerprint density at radius 1 is 1.25 bits per heavy atom. The summed E-state index contributed by atoms with van der Waals surface area (Å²) in [4.78, 5) is 26.5. The number of Topliss-reactive ketones (excluding diaryl/α,β-unsaturated/α-hetero) is 1. The highest BCUT2D eigenvalue weighted by Gasteiger charge is 2.44. The van der Waals surface area contributed by atoms with E-state index in [4.69, 9.17) is 9.47 Å². The van der Waals surface area contributed by atoms with Gasteiger partial charge in [0.25, 0.3) is 0 Å². The van der Waals surface area contributed by atoms with Crippen LogP contribution in [0.4, 0.5) is 4.79 Å². The van der Waals surface area contributed by atoms with Crippen LogP contribution in [0.5, 0.6) is 5.75 Å². The quantitative estimate of drug-likeness (QED) is 0.727. The normalized spacial score (nSPS) is 19.7. The number of aryl methyl sites for hydroxylation is 1. The third-order valence-electron chi connectivity index (χ3n) is 4.65. The number of amides is 1. The lowest BCUT2D eigenvalue weighted by Gasteiger charge is -2.44. The van der Waals surface area contributed by atoms with Crippen LogP contribution < -0.4 is 4.74 Å². The van der Waals surface area contributed by atoms with Gasteiger partial charge in [-0.05, 0) is 39.3 Å². The van der Waals surface area contributed by atoms with Crippen LogP contribution in [0.25, 0.3) is 0 Å². The van der Waals surface area contributed by atoms with E-state index < -0.39 is 11.2 Å². The lowest BCUT2D eigenvalue weighted by molar-refractivity contribution is -0.0226. The molecule has 1 amide bonds. The Labute approximate surface area is 142 Å². The number of nitrogens with zero attached hydrogens (tertiary/aromatic N) is 1.